The molecule has 142 valence electrons. The first-order valence-corrected chi connectivity index (χ1v) is 9.91. The van der Waals surface area contributed by atoms with Crippen molar-refractivity contribution in [1.29, 1.82) is 0 Å². The Morgan fingerprint density at radius 2 is 1.77 bits per heavy atom. The maximum absolute atomic E-state index is 13.4. The summed E-state index contributed by atoms with van der Waals surface area (Å²) in [5, 5.41) is 0. The highest BCUT2D eigenvalue weighted by Crippen LogP contribution is 2.67. The Kier molecular flexibility index (Phi) is 3.05. The monoisotopic (exact) mass is 360 g/mol. The van der Waals surface area contributed by atoms with Crippen LogP contribution in [0.4, 0.5) is 0 Å². The highest BCUT2D eigenvalue weighted by Gasteiger charge is 2.74. The Labute approximate surface area is 154 Å². The molecular formula is C21H28O5. The highest BCUT2D eigenvalue weighted by atomic mass is 16.7. The lowest BCUT2D eigenvalue weighted by molar-refractivity contribution is -0.207. The van der Waals surface area contributed by atoms with Crippen LogP contribution >= 0.6 is 0 Å². The third-order valence-electron chi connectivity index (χ3n) is 8.12. The fourth-order valence-electron chi connectivity index (χ4n) is 6.69. The molecule has 26 heavy (non-hydrogen) atoms. The van der Waals surface area contributed by atoms with Gasteiger partial charge in [0.1, 0.15) is 17.8 Å². The molecule has 7 atom stereocenters. The van der Waals surface area contributed by atoms with Crippen molar-refractivity contribution >= 4 is 11.6 Å². The Hall–Kier alpha value is -1.36. The largest absolute Gasteiger partial charge is 0.462 e. The van der Waals surface area contributed by atoms with Gasteiger partial charge in [-0.1, -0.05) is 20.8 Å². The second-order valence-electron chi connectivity index (χ2n) is 10.0. The normalized spacial score (nSPS) is 51.3. The fourth-order valence-corrected chi connectivity index (χ4v) is 6.69. The molecule has 5 aliphatic rings. The van der Waals surface area contributed by atoms with E-state index >= 15 is 0 Å². The fraction of sp³-hybridized carbons (Fsp3) is 0.810. The second kappa shape index (κ2) is 4.73. The van der Waals surface area contributed by atoms with Crippen LogP contribution in [0.3, 0.4) is 0 Å². The molecule has 5 rings (SSSR count). The van der Waals surface area contributed by atoms with Gasteiger partial charge in [-0.3, -0.25) is 9.59 Å². The second-order valence-corrected chi connectivity index (χ2v) is 10.0. The van der Waals surface area contributed by atoms with E-state index in [4.69, 9.17) is 14.2 Å². The van der Waals surface area contributed by atoms with Crippen LogP contribution in [-0.2, 0) is 23.8 Å². The predicted molar refractivity (Wildman–Crippen MR) is 93.1 cm³/mol. The van der Waals surface area contributed by atoms with Crippen LogP contribution in [0.1, 0.15) is 60.3 Å². The maximum atomic E-state index is 13.4. The van der Waals surface area contributed by atoms with E-state index in [0.29, 0.717) is 24.4 Å². The lowest BCUT2D eigenvalue weighted by Gasteiger charge is -2.61. The van der Waals surface area contributed by atoms with Crippen LogP contribution < -0.4 is 0 Å². The van der Waals surface area contributed by atoms with Crippen molar-refractivity contribution in [2.24, 2.45) is 22.7 Å². The first kappa shape index (κ1) is 16.8. The first-order chi connectivity index (χ1) is 12.1. The zero-order valence-corrected chi connectivity index (χ0v) is 16.3. The highest BCUT2D eigenvalue weighted by molar-refractivity contribution is 5.97. The molecule has 0 unspecified atom stereocenters. The average Bonchev–Trinajstić information content (AvgIpc) is 3.32. The van der Waals surface area contributed by atoms with Gasteiger partial charge in [0.15, 0.2) is 11.6 Å². The van der Waals surface area contributed by atoms with Gasteiger partial charge in [-0.2, -0.15) is 0 Å². The molecular weight excluding hydrogens is 332 g/mol. The van der Waals surface area contributed by atoms with E-state index in [1.165, 1.54) is 0 Å². The molecule has 2 aliphatic carbocycles. The Balaban J connectivity index is 1.60. The van der Waals surface area contributed by atoms with Gasteiger partial charge in [0.25, 0.3) is 5.95 Å². The van der Waals surface area contributed by atoms with Gasteiger partial charge in [0.2, 0.25) is 0 Å². The summed E-state index contributed by atoms with van der Waals surface area (Å²) >= 11 is 0. The smallest absolute Gasteiger partial charge is 0.286 e. The molecule has 3 heterocycles. The van der Waals surface area contributed by atoms with E-state index in [2.05, 4.69) is 27.7 Å². The van der Waals surface area contributed by atoms with E-state index in [-0.39, 0.29) is 47.1 Å². The van der Waals surface area contributed by atoms with E-state index < -0.39 is 11.0 Å². The number of ketones is 2. The van der Waals surface area contributed by atoms with Crippen molar-refractivity contribution in [3.05, 3.63) is 11.5 Å². The Morgan fingerprint density at radius 1 is 1.04 bits per heavy atom. The molecule has 0 spiro atoms. The summed E-state index contributed by atoms with van der Waals surface area (Å²) < 4.78 is 18.0. The van der Waals surface area contributed by atoms with E-state index in [1.807, 2.05) is 6.92 Å². The van der Waals surface area contributed by atoms with Crippen molar-refractivity contribution < 1.29 is 23.8 Å². The molecule has 5 nitrogen and oxygen atoms in total. The standard InChI is InChI=1S/C21H28O5/c1-10-8-12(22)11-9-14-20(4,26-18(11)24-10)7-6-13-19(2,3)17-15(25-17)16(23)21(13,14)5/h10,13-15,17H,6-9H2,1-5H3/t10-,13-,14+,15-,17-,20-,21+/m1/s1. The topological polar surface area (TPSA) is 65.1 Å². The van der Waals surface area contributed by atoms with E-state index in [9.17, 15) is 9.59 Å². The summed E-state index contributed by atoms with van der Waals surface area (Å²) in [6.07, 6.45) is 2.39. The zero-order valence-electron chi connectivity index (χ0n) is 16.3. The summed E-state index contributed by atoms with van der Waals surface area (Å²) in [4.78, 5) is 26.0. The minimum absolute atomic E-state index is 0.0228. The number of fused-ring (bicyclic) bond motifs is 4. The summed E-state index contributed by atoms with van der Waals surface area (Å²) in [6.45, 7) is 10.6. The van der Waals surface area contributed by atoms with E-state index in [0.717, 1.165) is 12.8 Å². The van der Waals surface area contributed by atoms with Gasteiger partial charge in [-0.05, 0) is 44.4 Å². The SMILES string of the molecule is C[C@@H]1CC(=O)C2=C(O1)O[C@]1(C)CC[C@@H]3C(C)(C)[C@@H]4O[C@@H]4C(=O)[C@]3(C)[C@H]1C2. The molecule has 0 bridgehead atoms. The van der Waals surface area contributed by atoms with Crippen molar-refractivity contribution in [3.63, 3.8) is 0 Å². The first-order valence-electron chi connectivity index (χ1n) is 9.91. The molecule has 1 saturated heterocycles. The van der Waals surface area contributed by atoms with Gasteiger partial charge in [0, 0.05) is 17.8 Å². The summed E-state index contributed by atoms with van der Waals surface area (Å²) in [5.41, 5.74) is -0.396. The van der Waals surface area contributed by atoms with Gasteiger partial charge >= 0.3 is 0 Å². The average molecular weight is 360 g/mol. The number of ether oxygens (including phenoxy) is 3. The van der Waals surface area contributed by atoms with E-state index in [1.54, 1.807) is 0 Å². The van der Waals surface area contributed by atoms with Crippen LogP contribution in [0.2, 0.25) is 0 Å². The van der Waals surface area contributed by atoms with Crippen molar-refractivity contribution in [1.82, 2.24) is 0 Å². The number of Topliss-reactive ketones (excluding diaryl/α,β-unsaturated/α-hetero) is 2. The third-order valence-corrected chi connectivity index (χ3v) is 8.12. The molecule has 2 saturated carbocycles. The number of allylic oxidation sites excluding steroid dienone is 1. The molecule has 0 radical (unpaired) electrons. The van der Waals surface area contributed by atoms with Crippen LogP contribution in [0, 0.1) is 22.7 Å². The number of hydrogen-bond acceptors (Lipinski definition) is 5. The van der Waals surface area contributed by atoms with Crippen LogP contribution in [0.5, 0.6) is 0 Å². The molecule has 0 aromatic heterocycles. The van der Waals surface area contributed by atoms with Crippen LogP contribution in [-0.4, -0.2) is 35.5 Å². The third kappa shape index (κ3) is 1.85. The molecule has 0 aromatic carbocycles. The van der Waals surface area contributed by atoms with Gasteiger partial charge < -0.3 is 14.2 Å². The minimum atomic E-state index is -0.532. The molecule has 3 fully saturated rings. The van der Waals surface area contributed by atoms with Crippen LogP contribution in [0.25, 0.3) is 0 Å². The van der Waals surface area contributed by atoms with Gasteiger partial charge in [-0.15, -0.1) is 0 Å². The van der Waals surface area contributed by atoms with Gasteiger partial charge in [0.05, 0.1) is 11.7 Å². The van der Waals surface area contributed by atoms with Crippen molar-refractivity contribution in [3.8, 4) is 0 Å². The quantitative estimate of drug-likeness (QED) is 0.621. The Morgan fingerprint density at radius 3 is 2.50 bits per heavy atom. The number of epoxide rings is 1. The minimum Gasteiger partial charge on any atom is -0.462 e. The Bertz CT molecular complexity index is 752. The zero-order chi connectivity index (χ0) is 18.6. The summed E-state index contributed by atoms with van der Waals surface area (Å²) in [5.74, 6) is 0.958. The maximum Gasteiger partial charge on any atom is 0.286 e. The van der Waals surface area contributed by atoms with Crippen molar-refractivity contribution in [2.45, 2.75) is 84.2 Å². The summed E-state index contributed by atoms with van der Waals surface area (Å²) in [7, 11) is 0. The molecule has 0 N–H and O–H groups in total. The number of hydrogen-bond donors (Lipinski definition) is 0. The predicted octanol–water partition coefficient (Wildman–Crippen LogP) is 3.16. The number of rotatable bonds is 0. The lowest BCUT2D eigenvalue weighted by Crippen LogP contribution is -2.65. The molecule has 5 heteroatoms. The number of carbonyl (C=O) groups excluding carboxylic acids is 2. The number of carbonyl (C=O) groups is 2. The molecule has 0 aromatic rings. The molecule has 3 aliphatic heterocycles. The lowest BCUT2D eigenvalue weighted by atomic mass is 9.44. The van der Waals surface area contributed by atoms with Crippen LogP contribution in [0.15, 0.2) is 11.5 Å². The molecule has 0 amide bonds. The summed E-state index contributed by atoms with van der Waals surface area (Å²) in [6, 6.07) is 0. The van der Waals surface area contributed by atoms with Gasteiger partial charge in [-0.25, -0.2) is 0 Å². The van der Waals surface area contributed by atoms with Crippen molar-refractivity contribution in [2.75, 3.05) is 0 Å².